The molecule has 0 aliphatic carbocycles. The molecule has 5 rings (SSSR count). The van der Waals surface area contributed by atoms with E-state index in [0.29, 0.717) is 18.2 Å². The van der Waals surface area contributed by atoms with E-state index in [9.17, 15) is 0 Å². The highest BCUT2D eigenvalue weighted by Crippen LogP contribution is 2.37. The molecule has 8 heteroatoms. The minimum Gasteiger partial charge on any atom is -0.378 e. The first-order valence-corrected chi connectivity index (χ1v) is 9.89. The molecule has 2 aliphatic rings. The van der Waals surface area contributed by atoms with Crippen LogP contribution in [0.1, 0.15) is 18.2 Å². The summed E-state index contributed by atoms with van der Waals surface area (Å²) >= 11 is 6.51. The fourth-order valence-corrected chi connectivity index (χ4v) is 4.09. The van der Waals surface area contributed by atoms with Crippen LogP contribution < -0.4 is 15.8 Å². The normalized spacial score (nSPS) is 20.0. The third-order valence-electron chi connectivity index (χ3n) is 5.30. The quantitative estimate of drug-likeness (QED) is 0.705. The Balaban J connectivity index is 1.74. The predicted octanol–water partition coefficient (Wildman–Crippen LogP) is 2.72. The number of anilines is 1. The van der Waals surface area contributed by atoms with Crippen LogP contribution in [0.25, 0.3) is 22.0 Å². The smallest absolute Gasteiger partial charge is 0.130 e. The average molecular weight is 397 g/mol. The lowest BCUT2D eigenvalue weighted by molar-refractivity contribution is 0.122. The number of rotatable bonds is 3. The zero-order valence-corrected chi connectivity index (χ0v) is 16.1. The lowest BCUT2D eigenvalue weighted by Gasteiger charge is -2.29. The molecule has 28 heavy (non-hydrogen) atoms. The van der Waals surface area contributed by atoms with Crippen LogP contribution in [0.4, 0.5) is 5.82 Å². The van der Waals surface area contributed by atoms with Crippen LogP contribution >= 0.6 is 11.6 Å². The molecule has 0 bridgehead atoms. The van der Waals surface area contributed by atoms with Crippen molar-refractivity contribution >= 4 is 28.3 Å². The minimum absolute atomic E-state index is 0.136. The molecule has 2 aliphatic heterocycles. The van der Waals surface area contributed by atoms with Gasteiger partial charge in [-0.3, -0.25) is 15.4 Å². The van der Waals surface area contributed by atoms with Crippen LogP contribution in [-0.2, 0) is 4.74 Å². The largest absolute Gasteiger partial charge is 0.378 e. The van der Waals surface area contributed by atoms with E-state index in [0.717, 1.165) is 59.6 Å². The molecule has 2 saturated heterocycles. The van der Waals surface area contributed by atoms with Gasteiger partial charge >= 0.3 is 0 Å². The molecule has 0 radical (unpaired) electrons. The Morgan fingerprint density at radius 2 is 2.04 bits per heavy atom. The number of ether oxygens (including phenoxy) is 1. The van der Waals surface area contributed by atoms with Gasteiger partial charge in [0.1, 0.15) is 5.82 Å². The van der Waals surface area contributed by atoms with Crippen molar-refractivity contribution in [2.24, 2.45) is 0 Å². The van der Waals surface area contributed by atoms with Gasteiger partial charge in [-0.2, -0.15) is 0 Å². The maximum absolute atomic E-state index is 6.51. The van der Waals surface area contributed by atoms with Gasteiger partial charge in [0, 0.05) is 49.2 Å². The average Bonchev–Trinajstić information content (AvgIpc) is 3.28. The molecule has 0 aromatic carbocycles. The number of fused-ring (bicyclic) bond motifs is 1. The highest BCUT2D eigenvalue weighted by Gasteiger charge is 2.24. The van der Waals surface area contributed by atoms with Crippen molar-refractivity contribution in [3.63, 3.8) is 0 Å². The number of nitrogens with one attached hydrogen (secondary N) is 2. The second kappa shape index (κ2) is 7.60. The summed E-state index contributed by atoms with van der Waals surface area (Å²) < 4.78 is 5.52. The second-order valence-electron chi connectivity index (χ2n) is 6.99. The van der Waals surface area contributed by atoms with Crippen LogP contribution in [0, 0.1) is 0 Å². The van der Waals surface area contributed by atoms with E-state index in [-0.39, 0.29) is 6.04 Å². The molecule has 2 fully saturated rings. The zero-order chi connectivity index (χ0) is 18.9. The number of halogens is 1. The van der Waals surface area contributed by atoms with Crippen molar-refractivity contribution in [2.75, 3.05) is 37.7 Å². The fraction of sp³-hybridized carbons (Fsp3) is 0.350. The summed E-state index contributed by atoms with van der Waals surface area (Å²) in [5.41, 5.74) is 10.4. The molecular weight excluding hydrogens is 376 g/mol. The molecule has 3 aromatic heterocycles. The van der Waals surface area contributed by atoms with Gasteiger partial charge in [-0.15, -0.1) is 0 Å². The number of morpholine rings is 1. The Bertz CT molecular complexity index is 1000. The third kappa shape index (κ3) is 3.20. The zero-order valence-electron chi connectivity index (χ0n) is 15.4. The Morgan fingerprint density at radius 1 is 1.14 bits per heavy atom. The van der Waals surface area contributed by atoms with E-state index in [4.69, 9.17) is 21.3 Å². The molecule has 5 heterocycles. The van der Waals surface area contributed by atoms with Crippen LogP contribution in [0.2, 0.25) is 5.02 Å². The summed E-state index contributed by atoms with van der Waals surface area (Å²) in [6, 6.07) is 6.23. The van der Waals surface area contributed by atoms with Gasteiger partial charge in [0.2, 0.25) is 0 Å². The predicted molar refractivity (Wildman–Crippen MR) is 109 cm³/mol. The molecule has 1 atom stereocenters. The molecule has 3 aromatic rings. The molecule has 0 amide bonds. The van der Waals surface area contributed by atoms with Crippen LogP contribution in [0.15, 0.2) is 36.8 Å². The summed E-state index contributed by atoms with van der Waals surface area (Å²) in [7, 11) is 0. The van der Waals surface area contributed by atoms with Gasteiger partial charge in [-0.1, -0.05) is 11.6 Å². The summed E-state index contributed by atoms with van der Waals surface area (Å²) in [4.78, 5) is 16.1. The topological polar surface area (TPSA) is 75.2 Å². The molecule has 0 saturated carbocycles. The minimum atomic E-state index is 0.136. The van der Waals surface area contributed by atoms with E-state index in [2.05, 4.69) is 31.8 Å². The first-order chi connectivity index (χ1) is 13.8. The maximum Gasteiger partial charge on any atom is 0.130 e. The van der Waals surface area contributed by atoms with Crippen molar-refractivity contribution in [1.82, 2.24) is 25.8 Å². The van der Waals surface area contributed by atoms with Crippen molar-refractivity contribution in [3.8, 4) is 11.1 Å². The second-order valence-corrected chi connectivity index (χ2v) is 7.39. The first-order valence-electron chi connectivity index (χ1n) is 9.52. The maximum atomic E-state index is 6.51. The van der Waals surface area contributed by atoms with Crippen LogP contribution in [0.3, 0.4) is 0 Å². The lowest BCUT2D eigenvalue weighted by atomic mass is 9.99. The standard InChI is InChI=1S/C20H21ClN6O/c21-16-12-22-4-1-13(16)15-11-18(27-7-9-28-10-8-27)25-19-14(15)2-5-23-20(19)17-3-6-24-26-17/h1-2,4-5,11-12,17,24,26H,3,6-10H2. The number of pyridine rings is 3. The highest BCUT2D eigenvalue weighted by atomic mass is 35.5. The van der Waals surface area contributed by atoms with Gasteiger partial charge in [-0.25, -0.2) is 10.4 Å². The van der Waals surface area contributed by atoms with Gasteiger partial charge in [0.05, 0.1) is 35.5 Å². The highest BCUT2D eigenvalue weighted by molar-refractivity contribution is 6.33. The number of hydrazine groups is 1. The molecule has 1 unspecified atom stereocenters. The SMILES string of the molecule is Clc1cnccc1-c1cc(N2CCOCC2)nc2c(C3CCNN3)nccc12. The number of hydrogen-bond acceptors (Lipinski definition) is 7. The molecule has 7 nitrogen and oxygen atoms in total. The Hall–Kier alpha value is -2.32. The van der Waals surface area contributed by atoms with Gasteiger partial charge in [-0.05, 0) is 30.2 Å². The molecule has 144 valence electrons. The molecule has 0 spiro atoms. The number of nitrogens with zero attached hydrogens (tertiary/aromatic N) is 4. The monoisotopic (exact) mass is 396 g/mol. The third-order valence-corrected chi connectivity index (χ3v) is 5.61. The van der Waals surface area contributed by atoms with Crippen molar-refractivity contribution < 1.29 is 4.74 Å². The van der Waals surface area contributed by atoms with Crippen LogP contribution in [-0.4, -0.2) is 47.8 Å². The van der Waals surface area contributed by atoms with E-state index < -0.39 is 0 Å². The number of hydrogen-bond donors (Lipinski definition) is 2. The van der Waals surface area contributed by atoms with Crippen molar-refractivity contribution in [1.29, 1.82) is 0 Å². The van der Waals surface area contributed by atoms with Gasteiger partial charge in [0.25, 0.3) is 0 Å². The summed E-state index contributed by atoms with van der Waals surface area (Å²) in [5, 5.41) is 1.67. The van der Waals surface area contributed by atoms with E-state index in [1.807, 2.05) is 18.3 Å². The molecular formula is C20H21ClN6O. The Kier molecular flexibility index (Phi) is 4.82. The summed E-state index contributed by atoms with van der Waals surface area (Å²) in [5.74, 6) is 0.930. The number of aromatic nitrogens is 3. The molecule has 2 N–H and O–H groups in total. The van der Waals surface area contributed by atoms with E-state index in [1.165, 1.54) is 0 Å². The van der Waals surface area contributed by atoms with Gasteiger partial charge < -0.3 is 9.64 Å². The lowest BCUT2D eigenvalue weighted by Crippen LogP contribution is -2.36. The van der Waals surface area contributed by atoms with Gasteiger partial charge in [0.15, 0.2) is 0 Å². The fourth-order valence-electron chi connectivity index (χ4n) is 3.87. The Labute approximate surface area is 168 Å². The van der Waals surface area contributed by atoms with Crippen molar-refractivity contribution in [3.05, 3.63) is 47.5 Å². The van der Waals surface area contributed by atoms with Crippen molar-refractivity contribution in [2.45, 2.75) is 12.5 Å². The summed E-state index contributed by atoms with van der Waals surface area (Å²) in [6.45, 7) is 3.97. The van der Waals surface area contributed by atoms with E-state index in [1.54, 1.807) is 12.4 Å². The van der Waals surface area contributed by atoms with Crippen LogP contribution in [0.5, 0.6) is 0 Å². The Morgan fingerprint density at radius 3 is 2.82 bits per heavy atom. The summed E-state index contributed by atoms with van der Waals surface area (Å²) in [6.07, 6.45) is 6.28. The first kappa shape index (κ1) is 17.8. The van der Waals surface area contributed by atoms with E-state index >= 15 is 0 Å².